The van der Waals surface area contributed by atoms with Gasteiger partial charge in [0.1, 0.15) is 0 Å². The summed E-state index contributed by atoms with van der Waals surface area (Å²) in [6, 6.07) is 14.8. The van der Waals surface area contributed by atoms with Gasteiger partial charge < -0.3 is 10.1 Å². The molecule has 156 valence electrons. The van der Waals surface area contributed by atoms with Crippen molar-refractivity contribution in [2.24, 2.45) is 0 Å². The maximum absolute atomic E-state index is 12.7. The van der Waals surface area contributed by atoms with Gasteiger partial charge in [-0.1, -0.05) is 30.3 Å². The smallest absolute Gasteiger partial charge is 0.240 e. The van der Waals surface area contributed by atoms with Crippen LogP contribution in [0.2, 0.25) is 0 Å². The van der Waals surface area contributed by atoms with Crippen LogP contribution < -0.4 is 10.0 Å². The third kappa shape index (κ3) is 5.86. The van der Waals surface area contributed by atoms with Gasteiger partial charge in [0.15, 0.2) is 0 Å². The lowest BCUT2D eigenvalue weighted by molar-refractivity contribution is -0.114. The highest BCUT2D eigenvalue weighted by molar-refractivity contribution is 7.89. The van der Waals surface area contributed by atoms with Crippen molar-refractivity contribution in [3.8, 4) is 0 Å². The molecule has 8 heteroatoms. The van der Waals surface area contributed by atoms with Crippen molar-refractivity contribution in [3.63, 3.8) is 0 Å². The number of anilines is 1. The Morgan fingerprint density at radius 1 is 1.21 bits per heavy atom. The highest BCUT2D eigenvalue weighted by atomic mass is 32.2. The molecule has 1 atom stereocenters. The summed E-state index contributed by atoms with van der Waals surface area (Å²) in [5.74, 6) is -0.197. The Kier molecular flexibility index (Phi) is 7.02. The first-order valence-corrected chi connectivity index (χ1v) is 11.1. The molecule has 29 heavy (non-hydrogen) atoms. The predicted octanol–water partition coefficient (Wildman–Crippen LogP) is 2.31. The third-order valence-electron chi connectivity index (χ3n) is 4.83. The van der Waals surface area contributed by atoms with Crippen molar-refractivity contribution >= 4 is 21.6 Å². The molecule has 3 rings (SSSR count). The SMILES string of the molecule is CC(=O)Nc1ccc(S(=O)(=O)NCCN2CCOC(c3ccccc3)C2)c(C)c1. The van der Waals surface area contributed by atoms with Crippen LogP contribution in [0.5, 0.6) is 0 Å². The summed E-state index contributed by atoms with van der Waals surface area (Å²) < 4.78 is 33.9. The number of carbonyl (C=O) groups is 1. The predicted molar refractivity (Wildman–Crippen MR) is 112 cm³/mol. The van der Waals surface area contributed by atoms with Crippen LogP contribution in [0.4, 0.5) is 5.69 Å². The molecule has 1 heterocycles. The minimum Gasteiger partial charge on any atom is -0.371 e. The van der Waals surface area contributed by atoms with Crippen LogP contribution in [-0.4, -0.2) is 52.0 Å². The summed E-state index contributed by atoms with van der Waals surface area (Å²) in [6.07, 6.45) is 0.00474. The largest absolute Gasteiger partial charge is 0.371 e. The summed E-state index contributed by atoms with van der Waals surface area (Å²) in [5.41, 5.74) is 2.29. The number of benzene rings is 2. The van der Waals surface area contributed by atoms with Crippen molar-refractivity contribution < 1.29 is 17.9 Å². The van der Waals surface area contributed by atoms with Crippen molar-refractivity contribution in [1.29, 1.82) is 0 Å². The molecule has 1 amide bonds. The summed E-state index contributed by atoms with van der Waals surface area (Å²) >= 11 is 0. The molecule has 0 saturated carbocycles. The monoisotopic (exact) mass is 417 g/mol. The Morgan fingerprint density at radius 2 is 1.97 bits per heavy atom. The first-order chi connectivity index (χ1) is 13.8. The van der Waals surface area contributed by atoms with Gasteiger partial charge in [-0.2, -0.15) is 0 Å². The van der Waals surface area contributed by atoms with E-state index in [1.54, 1.807) is 19.1 Å². The van der Waals surface area contributed by atoms with Crippen molar-refractivity contribution in [3.05, 3.63) is 59.7 Å². The van der Waals surface area contributed by atoms with Gasteiger partial charge in [-0.15, -0.1) is 0 Å². The topological polar surface area (TPSA) is 87.7 Å². The zero-order valence-corrected chi connectivity index (χ0v) is 17.5. The fraction of sp³-hybridized carbons (Fsp3) is 0.381. The van der Waals surface area contributed by atoms with Crippen LogP contribution in [0.1, 0.15) is 24.2 Å². The molecular weight excluding hydrogens is 390 g/mol. The van der Waals surface area contributed by atoms with E-state index in [0.717, 1.165) is 18.7 Å². The van der Waals surface area contributed by atoms with Crippen LogP contribution in [0, 0.1) is 6.92 Å². The van der Waals surface area contributed by atoms with E-state index in [2.05, 4.69) is 14.9 Å². The summed E-state index contributed by atoms with van der Waals surface area (Å²) in [6.45, 7) is 6.18. The second-order valence-corrected chi connectivity index (χ2v) is 8.87. The standard InChI is InChI=1S/C21H27N3O4S/c1-16-14-19(23-17(2)25)8-9-21(16)29(26,27)22-10-11-24-12-13-28-20(15-24)18-6-4-3-5-7-18/h3-9,14,20,22H,10-13,15H2,1-2H3,(H,23,25). The van der Waals surface area contributed by atoms with E-state index < -0.39 is 10.0 Å². The molecule has 0 radical (unpaired) electrons. The van der Waals surface area contributed by atoms with E-state index in [4.69, 9.17) is 4.74 Å². The molecule has 0 aliphatic carbocycles. The molecule has 0 spiro atoms. The van der Waals surface area contributed by atoms with Crippen LogP contribution in [-0.2, 0) is 19.6 Å². The number of aryl methyl sites for hydroxylation is 1. The maximum atomic E-state index is 12.7. The van der Waals surface area contributed by atoms with Crippen LogP contribution in [0.3, 0.4) is 0 Å². The van der Waals surface area contributed by atoms with Gasteiger partial charge in [-0.25, -0.2) is 13.1 Å². The average molecular weight is 418 g/mol. The van der Waals surface area contributed by atoms with E-state index in [1.807, 2.05) is 30.3 Å². The third-order valence-corrected chi connectivity index (χ3v) is 6.45. The van der Waals surface area contributed by atoms with Crippen LogP contribution in [0.25, 0.3) is 0 Å². The highest BCUT2D eigenvalue weighted by Gasteiger charge is 2.22. The summed E-state index contributed by atoms with van der Waals surface area (Å²) in [4.78, 5) is 13.6. The fourth-order valence-corrected chi connectivity index (χ4v) is 4.67. The number of hydrogen-bond acceptors (Lipinski definition) is 5. The minimum absolute atomic E-state index is 0.00474. The molecule has 1 fully saturated rings. The number of nitrogens with one attached hydrogen (secondary N) is 2. The van der Waals surface area contributed by atoms with Gasteiger partial charge in [0, 0.05) is 38.8 Å². The van der Waals surface area contributed by atoms with E-state index >= 15 is 0 Å². The van der Waals surface area contributed by atoms with E-state index in [9.17, 15) is 13.2 Å². The first kappa shape index (κ1) is 21.4. The van der Waals surface area contributed by atoms with Gasteiger partial charge in [0.25, 0.3) is 0 Å². The highest BCUT2D eigenvalue weighted by Crippen LogP contribution is 2.22. The Hall–Kier alpha value is -2.26. The van der Waals surface area contributed by atoms with Crippen molar-refractivity contribution in [1.82, 2.24) is 9.62 Å². The van der Waals surface area contributed by atoms with E-state index in [-0.39, 0.29) is 16.9 Å². The number of carbonyl (C=O) groups excluding carboxylic acids is 1. The Balaban J connectivity index is 1.56. The summed E-state index contributed by atoms with van der Waals surface area (Å²) in [7, 11) is -3.62. The quantitative estimate of drug-likeness (QED) is 0.722. The van der Waals surface area contributed by atoms with Gasteiger partial charge in [0.05, 0.1) is 17.6 Å². The second-order valence-electron chi connectivity index (χ2n) is 7.13. The molecule has 1 saturated heterocycles. The molecule has 2 N–H and O–H groups in total. The van der Waals surface area contributed by atoms with E-state index in [0.29, 0.717) is 30.9 Å². The Labute approximate surface area is 172 Å². The number of ether oxygens (including phenoxy) is 1. The molecule has 1 unspecified atom stereocenters. The molecule has 0 bridgehead atoms. The number of nitrogens with zero attached hydrogens (tertiary/aromatic N) is 1. The van der Waals surface area contributed by atoms with Gasteiger partial charge in [0.2, 0.25) is 15.9 Å². The molecule has 2 aromatic rings. The first-order valence-electron chi connectivity index (χ1n) is 9.62. The zero-order chi connectivity index (χ0) is 20.9. The molecular formula is C21H27N3O4S. The van der Waals surface area contributed by atoms with Gasteiger partial charge in [-0.05, 0) is 36.2 Å². The zero-order valence-electron chi connectivity index (χ0n) is 16.7. The maximum Gasteiger partial charge on any atom is 0.240 e. The van der Waals surface area contributed by atoms with Crippen molar-refractivity contribution in [2.75, 3.05) is 38.1 Å². The lowest BCUT2D eigenvalue weighted by atomic mass is 10.1. The number of sulfonamides is 1. The molecule has 0 aromatic heterocycles. The minimum atomic E-state index is -3.62. The summed E-state index contributed by atoms with van der Waals surface area (Å²) in [5, 5.41) is 2.66. The number of morpholine rings is 1. The molecule has 2 aromatic carbocycles. The average Bonchev–Trinajstić information content (AvgIpc) is 2.68. The number of hydrogen-bond donors (Lipinski definition) is 2. The van der Waals surface area contributed by atoms with Gasteiger partial charge in [-0.3, -0.25) is 9.69 Å². The number of amides is 1. The molecule has 1 aliphatic heterocycles. The lowest BCUT2D eigenvalue weighted by Crippen LogP contribution is -2.42. The van der Waals surface area contributed by atoms with Crippen LogP contribution in [0.15, 0.2) is 53.4 Å². The fourth-order valence-electron chi connectivity index (χ4n) is 3.42. The van der Waals surface area contributed by atoms with Crippen molar-refractivity contribution in [2.45, 2.75) is 24.8 Å². The van der Waals surface area contributed by atoms with Crippen LogP contribution >= 0.6 is 0 Å². The van der Waals surface area contributed by atoms with E-state index in [1.165, 1.54) is 13.0 Å². The Bertz CT molecular complexity index is 948. The normalized spacial score (nSPS) is 17.8. The lowest BCUT2D eigenvalue weighted by Gasteiger charge is -2.33. The number of rotatable bonds is 7. The second kappa shape index (κ2) is 9.49. The Morgan fingerprint density at radius 3 is 2.66 bits per heavy atom. The molecule has 7 nitrogen and oxygen atoms in total. The molecule has 1 aliphatic rings. The van der Waals surface area contributed by atoms with Gasteiger partial charge >= 0.3 is 0 Å².